The second kappa shape index (κ2) is 18.1. The van der Waals surface area contributed by atoms with Gasteiger partial charge in [-0.2, -0.15) is 0 Å². The molecule has 0 radical (unpaired) electrons. The van der Waals surface area contributed by atoms with Gasteiger partial charge in [0, 0.05) is 6.08 Å². The molecule has 0 atom stereocenters. The van der Waals surface area contributed by atoms with Gasteiger partial charge in [-0.25, -0.2) is 14.4 Å². The molecule has 48 heavy (non-hydrogen) atoms. The molecule has 4 aromatic rings. The van der Waals surface area contributed by atoms with Gasteiger partial charge >= 0.3 is 24.1 Å². The molecule has 0 unspecified atom stereocenters. The highest BCUT2D eigenvalue weighted by atomic mass is 16.7. The maximum absolute atomic E-state index is 12.7. The molecule has 0 saturated heterocycles. The van der Waals surface area contributed by atoms with Gasteiger partial charge in [-0.15, -0.1) is 0 Å². The van der Waals surface area contributed by atoms with Crippen molar-refractivity contribution in [1.29, 1.82) is 0 Å². The molecular weight excluding hydrogens is 616 g/mol. The van der Waals surface area contributed by atoms with E-state index in [4.69, 9.17) is 23.7 Å². The van der Waals surface area contributed by atoms with Crippen molar-refractivity contribution in [1.82, 2.24) is 0 Å². The molecule has 4 aromatic carbocycles. The third-order valence-electron chi connectivity index (χ3n) is 6.72. The van der Waals surface area contributed by atoms with Crippen LogP contribution >= 0.6 is 0 Å². The van der Waals surface area contributed by atoms with E-state index >= 15 is 0 Å². The van der Waals surface area contributed by atoms with Crippen LogP contribution in [0.5, 0.6) is 17.2 Å². The summed E-state index contributed by atoms with van der Waals surface area (Å²) < 4.78 is 30.7. The van der Waals surface area contributed by atoms with Gasteiger partial charge in [0.25, 0.3) is 0 Å². The fraction of sp³-hybridized carbons (Fsp3) is 0.158. The fourth-order valence-corrected chi connectivity index (χ4v) is 4.26. The van der Waals surface area contributed by atoms with Crippen molar-refractivity contribution in [2.75, 3.05) is 19.8 Å². The number of rotatable bonds is 16. The maximum atomic E-state index is 12.7. The summed E-state index contributed by atoms with van der Waals surface area (Å²) in [6.07, 6.45) is 2.51. The largest absolute Gasteiger partial charge is 0.513 e. The van der Waals surface area contributed by atoms with Crippen LogP contribution in [0, 0.1) is 0 Å². The lowest BCUT2D eigenvalue weighted by molar-refractivity contribution is -0.139. The van der Waals surface area contributed by atoms with Gasteiger partial charge in [-0.05, 0) is 83.6 Å². The smallest absolute Gasteiger partial charge is 0.493 e. The summed E-state index contributed by atoms with van der Waals surface area (Å²) in [5.74, 6) is -0.191. The highest BCUT2D eigenvalue weighted by Crippen LogP contribution is 2.27. The quantitative estimate of drug-likeness (QED) is 0.0226. The first kappa shape index (κ1) is 34.7. The Morgan fingerprint density at radius 1 is 0.562 bits per heavy atom. The first-order chi connectivity index (χ1) is 23.3. The summed E-state index contributed by atoms with van der Waals surface area (Å²) in [6, 6.07) is 28.6. The van der Waals surface area contributed by atoms with Crippen LogP contribution in [0.2, 0.25) is 0 Å². The van der Waals surface area contributed by atoms with Gasteiger partial charge in [0.05, 0.1) is 38.1 Å². The highest BCUT2D eigenvalue weighted by molar-refractivity contribution is 5.91. The van der Waals surface area contributed by atoms with Crippen molar-refractivity contribution < 1.29 is 47.6 Å². The number of hydrogen-bond acceptors (Lipinski definition) is 10. The molecule has 10 heteroatoms. The lowest BCUT2D eigenvalue weighted by atomic mass is 9.99. The normalized spacial score (nSPS) is 10.2. The number of benzene rings is 4. The van der Waals surface area contributed by atoms with Gasteiger partial charge < -0.3 is 28.4 Å². The summed E-state index contributed by atoms with van der Waals surface area (Å²) in [5, 5.41) is 0. The van der Waals surface area contributed by atoms with Gasteiger partial charge in [0.15, 0.2) is 0 Å². The zero-order valence-corrected chi connectivity index (χ0v) is 26.1. The summed E-state index contributed by atoms with van der Waals surface area (Å²) in [5.41, 5.74) is 4.19. The Morgan fingerprint density at radius 3 is 1.60 bits per heavy atom. The van der Waals surface area contributed by atoms with Crippen molar-refractivity contribution in [3.63, 3.8) is 0 Å². The van der Waals surface area contributed by atoms with Crippen molar-refractivity contribution in [3.05, 3.63) is 128 Å². The Morgan fingerprint density at radius 2 is 1.04 bits per heavy atom. The van der Waals surface area contributed by atoms with Crippen molar-refractivity contribution in [3.8, 4) is 39.5 Å². The number of ether oxygens (including phenoxy) is 6. The average molecular weight is 651 g/mol. The van der Waals surface area contributed by atoms with Crippen LogP contribution < -0.4 is 14.2 Å². The van der Waals surface area contributed by atoms with Gasteiger partial charge in [-0.1, -0.05) is 61.7 Å². The molecule has 0 aliphatic rings. The second-order valence-electron chi connectivity index (χ2n) is 10.1. The summed E-state index contributed by atoms with van der Waals surface area (Å²) in [7, 11) is 0. The van der Waals surface area contributed by atoms with Crippen molar-refractivity contribution >= 4 is 24.1 Å². The molecule has 0 heterocycles. The molecule has 0 spiro atoms. The van der Waals surface area contributed by atoms with Crippen LogP contribution in [0.1, 0.15) is 29.6 Å². The van der Waals surface area contributed by atoms with Gasteiger partial charge in [0.2, 0.25) is 0 Å². The van der Waals surface area contributed by atoms with Gasteiger partial charge in [0.1, 0.15) is 17.2 Å². The maximum Gasteiger partial charge on any atom is 0.513 e. The fourth-order valence-electron chi connectivity index (χ4n) is 4.26. The summed E-state index contributed by atoms with van der Waals surface area (Å²) >= 11 is 0. The molecule has 0 N–H and O–H groups in total. The van der Waals surface area contributed by atoms with E-state index < -0.39 is 24.1 Å². The number of carbonyl (C=O) groups is 4. The summed E-state index contributed by atoms with van der Waals surface area (Å²) in [4.78, 5) is 47.0. The zero-order valence-electron chi connectivity index (χ0n) is 26.1. The minimum absolute atomic E-state index is 0.0801. The first-order valence-corrected chi connectivity index (χ1v) is 15.0. The second-order valence-corrected chi connectivity index (χ2v) is 10.1. The van der Waals surface area contributed by atoms with Crippen molar-refractivity contribution in [2.24, 2.45) is 0 Å². The molecule has 0 amide bonds. The summed E-state index contributed by atoms with van der Waals surface area (Å²) in [6.45, 7) is 7.17. The van der Waals surface area contributed by atoms with Crippen LogP contribution in [0.3, 0.4) is 0 Å². The minimum Gasteiger partial charge on any atom is -0.493 e. The lowest BCUT2D eigenvalue weighted by Gasteiger charge is -2.09. The average Bonchev–Trinajstić information content (AvgIpc) is 3.11. The SMILES string of the molecule is C=COC(=O)CCOc1ccc(OC(=O)c2ccc(-c3ccc(-c4ccc(OC(=O)OCCCCOC(=O)C=C)cc4)cc3)cc2)cc1. The van der Waals surface area contributed by atoms with E-state index in [0.29, 0.717) is 35.7 Å². The van der Waals surface area contributed by atoms with Crippen LogP contribution in [-0.2, 0) is 23.8 Å². The van der Waals surface area contributed by atoms with E-state index in [1.807, 2.05) is 48.5 Å². The molecule has 0 aromatic heterocycles. The Bertz CT molecular complexity index is 1690. The standard InChI is InChI=1S/C38H34O10/c1-3-35(39)45-24-5-6-25-46-38(42)48-34-17-15-30(16-18-34)28-9-7-27(8-10-28)29-11-13-31(14-12-29)37(41)47-33-21-19-32(20-22-33)44-26-23-36(40)43-4-2/h3-4,7-22H,1-2,5-6,23-26H2. The lowest BCUT2D eigenvalue weighted by Crippen LogP contribution is -2.12. The first-order valence-electron chi connectivity index (χ1n) is 15.0. The third-order valence-corrected chi connectivity index (χ3v) is 6.72. The van der Waals surface area contributed by atoms with Crippen LogP contribution in [0.15, 0.2) is 123 Å². The minimum atomic E-state index is -0.809. The Balaban J connectivity index is 1.22. The predicted molar refractivity (Wildman–Crippen MR) is 177 cm³/mol. The molecule has 4 rings (SSSR count). The number of carbonyl (C=O) groups excluding carboxylic acids is 4. The molecule has 246 valence electrons. The Kier molecular flexibility index (Phi) is 13.1. The van der Waals surface area contributed by atoms with E-state index in [9.17, 15) is 19.2 Å². The van der Waals surface area contributed by atoms with E-state index in [1.54, 1.807) is 48.5 Å². The third kappa shape index (κ3) is 11.0. The molecule has 0 fully saturated rings. The number of esters is 3. The van der Waals surface area contributed by atoms with Crippen LogP contribution in [0.25, 0.3) is 22.3 Å². The Labute approximate surface area is 278 Å². The van der Waals surface area contributed by atoms with E-state index in [0.717, 1.165) is 34.6 Å². The van der Waals surface area contributed by atoms with E-state index in [-0.39, 0.29) is 26.2 Å². The number of unbranched alkanes of at least 4 members (excludes halogenated alkanes) is 1. The van der Waals surface area contributed by atoms with Crippen LogP contribution in [0.4, 0.5) is 4.79 Å². The van der Waals surface area contributed by atoms with Crippen molar-refractivity contribution in [2.45, 2.75) is 19.3 Å². The zero-order chi connectivity index (χ0) is 34.1. The molecule has 0 saturated carbocycles. The predicted octanol–water partition coefficient (Wildman–Crippen LogP) is 7.72. The highest BCUT2D eigenvalue weighted by Gasteiger charge is 2.11. The topological polar surface area (TPSA) is 124 Å². The molecular formula is C38H34O10. The van der Waals surface area contributed by atoms with E-state index in [1.165, 1.54) is 0 Å². The molecule has 0 aliphatic heterocycles. The monoisotopic (exact) mass is 650 g/mol. The molecule has 10 nitrogen and oxygen atoms in total. The Hall–Kier alpha value is -6.16. The van der Waals surface area contributed by atoms with Crippen LogP contribution in [-0.4, -0.2) is 43.9 Å². The number of hydrogen-bond donors (Lipinski definition) is 0. The molecule has 0 bridgehead atoms. The van der Waals surface area contributed by atoms with Gasteiger partial charge in [-0.3, -0.25) is 4.79 Å². The molecule has 0 aliphatic carbocycles. The van der Waals surface area contributed by atoms with E-state index in [2.05, 4.69) is 17.9 Å².